The largest absolute Gasteiger partial charge is 0.396 e. The van der Waals surface area contributed by atoms with Crippen LogP contribution in [0.25, 0.3) is 0 Å². The van der Waals surface area contributed by atoms with Gasteiger partial charge in [-0.1, -0.05) is 33.1 Å². The zero-order valence-corrected chi connectivity index (χ0v) is 10.3. The Morgan fingerprint density at radius 3 is 1.73 bits per heavy atom. The molecule has 3 heteroatoms. The van der Waals surface area contributed by atoms with Gasteiger partial charge < -0.3 is 15.3 Å². The lowest BCUT2D eigenvalue weighted by atomic mass is 10.1. The Labute approximate surface area is 94.1 Å². The minimum Gasteiger partial charge on any atom is -0.396 e. The average molecular weight is 220 g/mol. The third-order valence-electron chi connectivity index (χ3n) is 2.06. The van der Waals surface area contributed by atoms with Crippen molar-refractivity contribution in [3.05, 3.63) is 0 Å². The molecule has 0 aromatic heterocycles. The van der Waals surface area contributed by atoms with Crippen LogP contribution in [0.2, 0.25) is 0 Å². The Kier molecular flexibility index (Phi) is 18.8. The van der Waals surface area contributed by atoms with E-state index in [1.807, 2.05) is 6.92 Å². The minimum absolute atomic E-state index is 0.186. The monoisotopic (exact) mass is 220 g/mol. The lowest BCUT2D eigenvalue weighted by Gasteiger charge is -2.07. The fourth-order valence-corrected chi connectivity index (χ4v) is 1.10. The van der Waals surface area contributed by atoms with Gasteiger partial charge in [0.05, 0.1) is 6.10 Å². The summed E-state index contributed by atoms with van der Waals surface area (Å²) in [6, 6.07) is 0. The smallest absolute Gasteiger partial charge is 0.0541 e. The molecule has 0 fully saturated rings. The van der Waals surface area contributed by atoms with Gasteiger partial charge in [0.25, 0.3) is 0 Å². The van der Waals surface area contributed by atoms with Crippen molar-refractivity contribution in [1.29, 1.82) is 0 Å². The maximum Gasteiger partial charge on any atom is 0.0541 e. The zero-order chi connectivity index (χ0) is 11.9. The van der Waals surface area contributed by atoms with Crippen molar-refractivity contribution >= 4 is 0 Å². The van der Waals surface area contributed by atoms with Crippen LogP contribution in [0.15, 0.2) is 0 Å². The van der Waals surface area contributed by atoms with Crippen LogP contribution in [-0.4, -0.2) is 34.6 Å². The van der Waals surface area contributed by atoms with Gasteiger partial charge >= 0.3 is 0 Å². The zero-order valence-electron chi connectivity index (χ0n) is 10.3. The molecule has 0 aliphatic rings. The molecular formula is C12H28O3. The summed E-state index contributed by atoms with van der Waals surface area (Å²) in [7, 11) is 0. The van der Waals surface area contributed by atoms with E-state index in [-0.39, 0.29) is 12.7 Å². The van der Waals surface area contributed by atoms with Gasteiger partial charge in [0.15, 0.2) is 0 Å². The minimum atomic E-state index is -0.186. The maximum atomic E-state index is 9.30. The number of rotatable bonds is 8. The van der Waals surface area contributed by atoms with E-state index in [1.165, 1.54) is 12.8 Å². The first-order valence-electron chi connectivity index (χ1n) is 6.12. The summed E-state index contributed by atoms with van der Waals surface area (Å²) in [6.45, 7) is 4.60. The molecule has 0 saturated heterocycles. The highest BCUT2D eigenvalue weighted by atomic mass is 16.3. The van der Waals surface area contributed by atoms with Gasteiger partial charge in [-0.15, -0.1) is 0 Å². The van der Waals surface area contributed by atoms with E-state index < -0.39 is 0 Å². The highest BCUT2D eigenvalue weighted by Gasteiger charge is 2.01. The number of aliphatic hydroxyl groups is 3. The van der Waals surface area contributed by atoms with Crippen LogP contribution in [0.3, 0.4) is 0 Å². The second kappa shape index (κ2) is 16.3. The molecule has 0 amide bonds. The van der Waals surface area contributed by atoms with Gasteiger partial charge in [-0.25, -0.2) is 0 Å². The standard InChI is InChI=1S/C9H20O2.C3H8O/c1-2-3-4-6-9(11)7-5-8-10;1-2-3-4/h9-11H,2-8H2,1H3;4H,2-3H2,1H3. The summed E-state index contributed by atoms with van der Waals surface area (Å²) < 4.78 is 0. The molecule has 1 atom stereocenters. The molecule has 0 spiro atoms. The van der Waals surface area contributed by atoms with Gasteiger partial charge in [-0.2, -0.15) is 0 Å². The van der Waals surface area contributed by atoms with E-state index in [1.54, 1.807) is 0 Å². The number of hydrogen-bond acceptors (Lipinski definition) is 3. The predicted octanol–water partition coefficient (Wildman–Crippen LogP) is 2.09. The highest BCUT2D eigenvalue weighted by molar-refractivity contribution is 4.55. The summed E-state index contributed by atoms with van der Waals surface area (Å²) >= 11 is 0. The lowest BCUT2D eigenvalue weighted by molar-refractivity contribution is 0.138. The van der Waals surface area contributed by atoms with E-state index in [9.17, 15) is 5.11 Å². The fourth-order valence-electron chi connectivity index (χ4n) is 1.10. The summed E-state index contributed by atoms with van der Waals surface area (Å²) in [5.41, 5.74) is 0. The van der Waals surface area contributed by atoms with Gasteiger partial charge in [-0.05, 0) is 25.7 Å². The van der Waals surface area contributed by atoms with E-state index >= 15 is 0 Å². The molecule has 0 rings (SSSR count). The number of hydrogen-bond donors (Lipinski definition) is 3. The maximum absolute atomic E-state index is 9.30. The Morgan fingerprint density at radius 2 is 1.33 bits per heavy atom. The van der Waals surface area contributed by atoms with Crippen LogP contribution < -0.4 is 0 Å². The summed E-state index contributed by atoms with van der Waals surface area (Å²) in [6.07, 6.45) is 6.58. The second-order valence-corrected chi connectivity index (χ2v) is 3.74. The summed E-state index contributed by atoms with van der Waals surface area (Å²) in [5.74, 6) is 0. The molecule has 0 aliphatic heterocycles. The van der Waals surface area contributed by atoms with Crippen LogP contribution in [-0.2, 0) is 0 Å². The van der Waals surface area contributed by atoms with Gasteiger partial charge in [-0.3, -0.25) is 0 Å². The third-order valence-corrected chi connectivity index (χ3v) is 2.06. The Morgan fingerprint density at radius 1 is 0.800 bits per heavy atom. The lowest BCUT2D eigenvalue weighted by Crippen LogP contribution is -2.06. The first kappa shape index (κ1) is 17.3. The second-order valence-electron chi connectivity index (χ2n) is 3.74. The van der Waals surface area contributed by atoms with Crippen LogP contribution in [0.1, 0.15) is 58.8 Å². The van der Waals surface area contributed by atoms with Gasteiger partial charge in [0.1, 0.15) is 0 Å². The topological polar surface area (TPSA) is 60.7 Å². The molecular weight excluding hydrogens is 192 g/mol. The van der Waals surface area contributed by atoms with Crippen LogP contribution >= 0.6 is 0 Å². The molecule has 3 nitrogen and oxygen atoms in total. The molecule has 0 heterocycles. The molecule has 94 valence electrons. The van der Waals surface area contributed by atoms with E-state index in [0.717, 1.165) is 32.1 Å². The quantitative estimate of drug-likeness (QED) is 0.549. The molecule has 0 saturated carbocycles. The van der Waals surface area contributed by atoms with Crippen molar-refractivity contribution in [2.75, 3.05) is 13.2 Å². The summed E-state index contributed by atoms with van der Waals surface area (Å²) in [4.78, 5) is 0. The average Bonchev–Trinajstić information content (AvgIpc) is 2.27. The molecule has 0 aromatic rings. The Balaban J connectivity index is 0. The molecule has 0 aliphatic carbocycles. The SMILES string of the molecule is CCCCCC(O)CCCO.CCCO. The molecule has 0 aromatic carbocycles. The van der Waals surface area contributed by atoms with Crippen molar-refractivity contribution in [3.63, 3.8) is 0 Å². The summed E-state index contributed by atoms with van der Waals surface area (Å²) in [5, 5.41) is 25.6. The molecule has 0 radical (unpaired) electrons. The van der Waals surface area contributed by atoms with E-state index in [0.29, 0.717) is 6.61 Å². The van der Waals surface area contributed by atoms with Gasteiger partial charge in [0, 0.05) is 13.2 Å². The molecule has 1 unspecified atom stereocenters. The van der Waals surface area contributed by atoms with E-state index in [4.69, 9.17) is 10.2 Å². The number of aliphatic hydroxyl groups excluding tert-OH is 3. The first-order valence-corrected chi connectivity index (χ1v) is 6.12. The van der Waals surface area contributed by atoms with E-state index in [2.05, 4.69) is 6.92 Å². The highest BCUT2D eigenvalue weighted by Crippen LogP contribution is 2.07. The van der Waals surface area contributed by atoms with Crippen LogP contribution in [0.4, 0.5) is 0 Å². The molecule has 0 bridgehead atoms. The van der Waals surface area contributed by atoms with Crippen molar-refractivity contribution in [3.8, 4) is 0 Å². The normalized spacial score (nSPS) is 11.8. The number of unbranched alkanes of at least 4 members (excludes halogenated alkanes) is 2. The van der Waals surface area contributed by atoms with Crippen molar-refractivity contribution in [2.24, 2.45) is 0 Å². The van der Waals surface area contributed by atoms with Crippen molar-refractivity contribution in [1.82, 2.24) is 0 Å². The Bertz CT molecular complexity index is 94.9. The fraction of sp³-hybridized carbons (Fsp3) is 1.00. The Hall–Kier alpha value is -0.120. The van der Waals surface area contributed by atoms with Crippen LogP contribution in [0, 0.1) is 0 Å². The van der Waals surface area contributed by atoms with Crippen molar-refractivity contribution < 1.29 is 15.3 Å². The third kappa shape index (κ3) is 20.1. The van der Waals surface area contributed by atoms with Gasteiger partial charge in [0.2, 0.25) is 0 Å². The molecule has 3 N–H and O–H groups in total. The van der Waals surface area contributed by atoms with Crippen molar-refractivity contribution in [2.45, 2.75) is 64.9 Å². The predicted molar refractivity (Wildman–Crippen MR) is 63.8 cm³/mol. The van der Waals surface area contributed by atoms with Crippen LogP contribution in [0.5, 0.6) is 0 Å². The first-order chi connectivity index (χ1) is 7.22. The molecule has 15 heavy (non-hydrogen) atoms.